The quantitative estimate of drug-likeness (QED) is 0.649. The smallest absolute Gasteiger partial charge is 0.407 e. The average molecular weight is 251 g/mol. The van der Waals surface area contributed by atoms with Gasteiger partial charge in [0.1, 0.15) is 6.61 Å². The number of amides is 2. The number of hydrogen-bond acceptors (Lipinski definition) is 4. The number of benzene rings is 1. The van der Waals surface area contributed by atoms with Gasteiger partial charge < -0.3 is 21.5 Å². The Bertz CT molecular complexity index is 395. The van der Waals surface area contributed by atoms with E-state index in [9.17, 15) is 9.59 Å². The second-order valence-electron chi connectivity index (χ2n) is 3.87. The van der Waals surface area contributed by atoms with Gasteiger partial charge in [0.05, 0.1) is 6.54 Å². The summed E-state index contributed by atoms with van der Waals surface area (Å²) in [5.41, 5.74) is 11.8. The molecule has 0 fully saturated rings. The fourth-order valence-corrected chi connectivity index (χ4v) is 1.37. The molecule has 18 heavy (non-hydrogen) atoms. The van der Waals surface area contributed by atoms with Crippen LogP contribution in [0.2, 0.25) is 0 Å². The Morgan fingerprint density at radius 2 is 1.94 bits per heavy atom. The summed E-state index contributed by atoms with van der Waals surface area (Å²) >= 11 is 0. The Kier molecular flexibility index (Phi) is 5.66. The van der Waals surface area contributed by atoms with Crippen LogP contribution in [0.4, 0.5) is 4.79 Å². The van der Waals surface area contributed by atoms with Crippen molar-refractivity contribution < 1.29 is 14.3 Å². The molecule has 0 saturated carbocycles. The third-order valence-corrected chi connectivity index (χ3v) is 2.18. The first kappa shape index (κ1) is 14.0. The topological polar surface area (TPSA) is 107 Å². The molecule has 0 heterocycles. The van der Waals surface area contributed by atoms with Crippen LogP contribution >= 0.6 is 0 Å². The maximum absolute atomic E-state index is 11.1. The van der Waals surface area contributed by atoms with E-state index in [1.54, 1.807) is 0 Å². The van der Waals surface area contributed by atoms with Crippen LogP contribution in [0.25, 0.3) is 0 Å². The number of carbonyl (C=O) groups is 2. The number of carbonyl (C=O) groups excluding carboxylic acids is 2. The zero-order valence-electron chi connectivity index (χ0n) is 9.96. The van der Waals surface area contributed by atoms with E-state index in [1.165, 1.54) is 0 Å². The van der Waals surface area contributed by atoms with E-state index in [0.29, 0.717) is 6.42 Å². The van der Waals surface area contributed by atoms with Crippen LogP contribution in [-0.4, -0.2) is 31.2 Å². The van der Waals surface area contributed by atoms with Crippen LogP contribution in [0, 0.1) is 0 Å². The Balaban J connectivity index is 2.22. The Hall–Kier alpha value is -2.08. The maximum atomic E-state index is 11.1. The van der Waals surface area contributed by atoms with Gasteiger partial charge in [-0.15, -0.1) is 0 Å². The largest absolute Gasteiger partial charge is 0.448 e. The first-order chi connectivity index (χ1) is 8.58. The van der Waals surface area contributed by atoms with Crippen LogP contribution < -0.4 is 16.8 Å². The van der Waals surface area contributed by atoms with Crippen molar-refractivity contribution in [1.82, 2.24) is 5.32 Å². The summed E-state index contributed by atoms with van der Waals surface area (Å²) in [6.07, 6.45) is -0.0819. The second kappa shape index (κ2) is 7.29. The van der Waals surface area contributed by atoms with E-state index in [2.05, 4.69) is 5.32 Å². The van der Waals surface area contributed by atoms with Crippen molar-refractivity contribution >= 4 is 12.0 Å². The highest BCUT2D eigenvalue weighted by Gasteiger charge is 2.08. The molecule has 0 radical (unpaired) electrons. The molecule has 0 aromatic heterocycles. The van der Waals surface area contributed by atoms with Gasteiger partial charge in [-0.1, -0.05) is 30.3 Å². The normalized spacial score (nSPS) is 11.6. The molecule has 0 unspecified atom stereocenters. The molecule has 0 bridgehead atoms. The minimum Gasteiger partial charge on any atom is -0.448 e. The average Bonchev–Trinajstić information content (AvgIpc) is 2.35. The minimum absolute atomic E-state index is 0.0828. The minimum atomic E-state index is -0.697. The van der Waals surface area contributed by atoms with E-state index < -0.39 is 12.0 Å². The monoisotopic (exact) mass is 251 g/mol. The SMILES string of the molecule is NC(=O)CNC(=O)OC[C@@H](N)Cc1ccccc1. The molecular formula is C12H17N3O3. The molecule has 0 saturated heterocycles. The Morgan fingerprint density at radius 1 is 1.28 bits per heavy atom. The third-order valence-electron chi connectivity index (χ3n) is 2.18. The number of nitrogens with one attached hydrogen (secondary N) is 1. The number of hydrogen-bond donors (Lipinski definition) is 3. The van der Waals surface area contributed by atoms with Crippen molar-refractivity contribution in [3.8, 4) is 0 Å². The van der Waals surface area contributed by atoms with Gasteiger partial charge in [0.25, 0.3) is 0 Å². The predicted octanol–water partition coefficient (Wildman–Crippen LogP) is -0.232. The Labute approximate surface area is 105 Å². The molecule has 6 nitrogen and oxygen atoms in total. The zero-order valence-corrected chi connectivity index (χ0v) is 9.96. The van der Waals surface area contributed by atoms with Gasteiger partial charge in [0, 0.05) is 6.04 Å². The maximum Gasteiger partial charge on any atom is 0.407 e. The molecule has 1 atom stereocenters. The van der Waals surface area contributed by atoms with E-state index in [-0.39, 0.29) is 19.2 Å². The first-order valence-corrected chi connectivity index (χ1v) is 5.56. The van der Waals surface area contributed by atoms with Crippen LogP contribution in [0.3, 0.4) is 0 Å². The molecule has 1 aromatic rings. The van der Waals surface area contributed by atoms with Crippen molar-refractivity contribution in [1.29, 1.82) is 0 Å². The highest BCUT2D eigenvalue weighted by atomic mass is 16.5. The van der Waals surface area contributed by atoms with Crippen molar-refractivity contribution in [3.63, 3.8) is 0 Å². The van der Waals surface area contributed by atoms with E-state index in [4.69, 9.17) is 16.2 Å². The highest BCUT2D eigenvalue weighted by molar-refractivity contribution is 5.80. The number of primary amides is 1. The lowest BCUT2D eigenvalue weighted by molar-refractivity contribution is -0.117. The summed E-state index contributed by atoms with van der Waals surface area (Å²) in [5, 5.41) is 2.21. The van der Waals surface area contributed by atoms with Crippen LogP contribution in [0.1, 0.15) is 5.56 Å². The van der Waals surface area contributed by atoms with Crippen LogP contribution in [-0.2, 0) is 16.0 Å². The van der Waals surface area contributed by atoms with E-state index in [1.807, 2.05) is 30.3 Å². The molecule has 0 aliphatic rings. The van der Waals surface area contributed by atoms with E-state index in [0.717, 1.165) is 5.56 Å². The van der Waals surface area contributed by atoms with Crippen LogP contribution in [0.15, 0.2) is 30.3 Å². The van der Waals surface area contributed by atoms with Gasteiger partial charge in [-0.2, -0.15) is 0 Å². The molecule has 0 aliphatic carbocycles. The number of ether oxygens (including phenoxy) is 1. The summed E-state index contributed by atoms with van der Waals surface area (Å²) in [4.78, 5) is 21.5. The molecule has 2 amide bonds. The van der Waals surface area contributed by atoms with Crippen molar-refractivity contribution in [3.05, 3.63) is 35.9 Å². The van der Waals surface area contributed by atoms with Crippen molar-refractivity contribution in [2.45, 2.75) is 12.5 Å². The molecule has 98 valence electrons. The standard InChI is InChI=1S/C12H17N3O3/c13-10(6-9-4-2-1-3-5-9)8-18-12(17)15-7-11(14)16/h1-5,10H,6-8,13H2,(H2,14,16)(H,15,17)/t10-/m0/s1. The number of rotatable bonds is 6. The van der Waals surface area contributed by atoms with Gasteiger partial charge in [0.15, 0.2) is 0 Å². The fraction of sp³-hybridized carbons (Fsp3) is 0.333. The molecular weight excluding hydrogens is 234 g/mol. The summed E-state index contributed by atoms with van der Waals surface area (Å²) < 4.78 is 4.84. The van der Waals surface area contributed by atoms with Crippen molar-refractivity contribution in [2.24, 2.45) is 11.5 Å². The molecule has 6 heteroatoms. The summed E-state index contributed by atoms with van der Waals surface area (Å²) in [6, 6.07) is 9.38. The van der Waals surface area contributed by atoms with Gasteiger partial charge in [0.2, 0.25) is 5.91 Å². The first-order valence-electron chi connectivity index (χ1n) is 5.56. The van der Waals surface area contributed by atoms with E-state index >= 15 is 0 Å². The molecule has 0 spiro atoms. The lowest BCUT2D eigenvalue weighted by atomic mass is 10.1. The summed E-state index contributed by atoms with van der Waals surface area (Å²) in [5.74, 6) is -0.625. The predicted molar refractivity (Wildman–Crippen MR) is 66.7 cm³/mol. The van der Waals surface area contributed by atoms with Crippen molar-refractivity contribution in [2.75, 3.05) is 13.2 Å². The molecule has 0 aliphatic heterocycles. The molecule has 1 aromatic carbocycles. The lowest BCUT2D eigenvalue weighted by Gasteiger charge is -2.12. The summed E-state index contributed by atoms with van der Waals surface area (Å²) in [6.45, 7) is -0.160. The molecule has 5 N–H and O–H groups in total. The highest BCUT2D eigenvalue weighted by Crippen LogP contribution is 2.01. The number of alkyl carbamates (subject to hydrolysis) is 1. The number of nitrogens with two attached hydrogens (primary N) is 2. The Morgan fingerprint density at radius 3 is 2.56 bits per heavy atom. The fourth-order valence-electron chi connectivity index (χ4n) is 1.37. The summed E-state index contributed by atoms with van der Waals surface area (Å²) in [7, 11) is 0. The van der Waals surface area contributed by atoms with Crippen LogP contribution in [0.5, 0.6) is 0 Å². The van der Waals surface area contributed by atoms with Gasteiger partial charge in [-0.05, 0) is 12.0 Å². The lowest BCUT2D eigenvalue weighted by Crippen LogP contribution is -2.37. The van der Waals surface area contributed by atoms with Gasteiger partial charge in [-0.3, -0.25) is 4.79 Å². The van der Waals surface area contributed by atoms with Gasteiger partial charge >= 0.3 is 6.09 Å². The third kappa shape index (κ3) is 5.86. The van der Waals surface area contributed by atoms with Gasteiger partial charge in [-0.25, -0.2) is 4.79 Å². The zero-order chi connectivity index (χ0) is 13.4. The second-order valence-corrected chi connectivity index (χ2v) is 3.87. The molecule has 1 rings (SSSR count).